The smallest absolute Gasteiger partial charge is 0.213 e. The van der Waals surface area contributed by atoms with Gasteiger partial charge in [-0.3, -0.25) is 0 Å². The van der Waals surface area contributed by atoms with Gasteiger partial charge in [0.15, 0.2) is 0 Å². The topological polar surface area (TPSA) is 34.1 Å². The number of benzene rings is 3. The Hall–Kier alpha value is -3.27. The molecular weight excluding hydrogens is 372 g/mol. The molecule has 0 unspecified atom stereocenters. The van der Waals surface area contributed by atoms with Crippen LogP contribution in [0.15, 0.2) is 77.9 Å². The highest BCUT2D eigenvalue weighted by Crippen LogP contribution is 2.47. The largest absolute Gasteiger partial charge is 0.497 e. The second-order valence-corrected chi connectivity index (χ2v) is 8.20. The third kappa shape index (κ3) is 3.22. The molecule has 0 radical (unpaired) electrons. The molecule has 0 aliphatic carbocycles. The summed E-state index contributed by atoms with van der Waals surface area (Å²) in [6, 6.07) is 25.4. The van der Waals surface area contributed by atoms with Gasteiger partial charge in [-0.25, -0.2) is 5.01 Å². The molecule has 2 aliphatic rings. The van der Waals surface area contributed by atoms with Crippen LogP contribution in [0.2, 0.25) is 0 Å². The van der Waals surface area contributed by atoms with E-state index in [1.807, 2.05) is 18.2 Å². The summed E-state index contributed by atoms with van der Waals surface area (Å²) >= 11 is 0. The maximum atomic E-state index is 6.45. The van der Waals surface area contributed by atoms with Gasteiger partial charge >= 0.3 is 0 Å². The summed E-state index contributed by atoms with van der Waals surface area (Å²) in [5, 5.41) is 7.17. The molecule has 0 saturated heterocycles. The minimum Gasteiger partial charge on any atom is -0.497 e. The molecular formula is C26H26N2O2. The number of para-hydroxylation sites is 1. The average Bonchev–Trinajstić information content (AvgIpc) is 3.24. The van der Waals surface area contributed by atoms with Crippen molar-refractivity contribution in [2.24, 2.45) is 5.10 Å². The van der Waals surface area contributed by atoms with E-state index in [0.29, 0.717) is 5.92 Å². The second-order valence-electron chi connectivity index (χ2n) is 8.20. The van der Waals surface area contributed by atoms with Gasteiger partial charge in [-0.1, -0.05) is 56.3 Å². The van der Waals surface area contributed by atoms with E-state index in [2.05, 4.69) is 73.5 Å². The van der Waals surface area contributed by atoms with Crippen molar-refractivity contribution >= 4 is 5.71 Å². The molecule has 3 aromatic carbocycles. The molecule has 5 rings (SSSR count). The van der Waals surface area contributed by atoms with Gasteiger partial charge < -0.3 is 9.47 Å². The van der Waals surface area contributed by atoms with Crippen LogP contribution in [0.5, 0.6) is 11.5 Å². The quantitative estimate of drug-likeness (QED) is 0.536. The van der Waals surface area contributed by atoms with Gasteiger partial charge in [-0.15, -0.1) is 0 Å². The molecule has 0 N–H and O–H groups in total. The average molecular weight is 399 g/mol. The van der Waals surface area contributed by atoms with Crippen LogP contribution in [-0.2, 0) is 0 Å². The van der Waals surface area contributed by atoms with Crippen molar-refractivity contribution in [3.05, 3.63) is 95.1 Å². The lowest BCUT2D eigenvalue weighted by Crippen LogP contribution is -2.33. The third-order valence-electron chi connectivity index (χ3n) is 6.01. The number of ether oxygens (including phenoxy) is 2. The van der Waals surface area contributed by atoms with Gasteiger partial charge in [-0.05, 0) is 47.4 Å². The van der Waals surface area contributed by atoms with Gasteiger partial charge in [0, 0.05) is 17.5 Å². The molecule has 4 heteroatoms. The van der Waals surface area contributed by atoms with E-state index in [4.69, 9.17) is 14.6 Å². The van der Waals surface area contributed by atoms with Gasteiger partial charge in [0.2, 0.25) is 6.23 Å². The molecule has 3 aromatic rings. The van der Waals surface area contributed by atoms with Crippen molar-refractivity contribution in [1.82, 2.24) is 5.01 Å². The minimum absolute atomic E-state index is 0.168. The number of fused-ring (bicyclic) bond motifs is 3. The van der Waals surface area contributed by atoms with E-state index >= 15 is 0 Å². The highest BCUT2D eigenvalue weighted by molar-refractivity contribution is 6.02. The first kappa shape index (κ1) is 18.7. The van der Waals surface area contributed by atoms with Crippen molar-refractivity contribution in [1.29, 1.82) is 0 Å². The Morgan fingerprint density at radius 3 is 2.40 bits per heavy atom. The lowest BCUT2D eigenvalue weighted by atomic mass is 9.95. The maximum absolute atomic E-state index is 6.45. The Morgan fingerprint density at radius 2 is 1.70 bits per heavy atom. The first-order valence-electron chi connectivity index (χ1n) is 10.5. The highest BCUT2D eigenvalue weighted by atomic mass is 16.5. The fourth-order valence-electron chi connectivity index (χ4n) is 4.26. The van der Waals surface area contributed by atoms with Crippen LogP contribution in [0.4, 0.5) is 0 Å². The second kappa shape index (κ2) is 7.52. The number of nitrogens with zero attached hydrogens (tertiary/aromatic N) is 2. The van der Waals surface area contributed by atoms with E-state index in [9.17, 15) is 0 Å². The molecule has 0 spiro atoms. The SMILES string of the molecule is COc1ccc(C2=NN3[C@@H](c4ccc(C(C)C)cc4)Oc4ccccc4[C@@H]3C2)cc1. The highest BCUT2D eigenvalue weighted by Gasteiger charge is 2.40. The summed E-state index contributed by atoms with van der Waals surface area (Å²) in [5.74, 6) is 2.31. The molecule has 2 atom stereocenters. The van der Waals surface area contributed by atoms with Crippen molar-refractivity contribution < 1.29 is 9.47 Å². The lowest BCUT2D eigenvalue weighted by Gasteiger charge is -2.38. The molecule has 30 heavy (non-hydrogen) atoms. The minimum atomic E-state index is -0.234. The monoisotopic (exact) mass is 398 g/mol. The number of hydrogen-bond donors (Lipinski definition) is 0. The summed E-state index contributed by atoms with van der Waals surface area (Å²) in [5.41, 5.74) is 5.84. The fraction of sp³-hybridized carbons (Fsp3) is 0.269. The van der Waals surface area contributed by atoms with Crippen LogP contribution in [0.3, 0.4) is 0 Å². The molecule has 0 amide bonds. The fourth-order valence-corrected chi connectivity index (χ4v) is 4.26. The number of hydrazone groups is 1. The summed E-state index contributed by atoms with van der Waals surface area (Å²) < 4.78 is 11.8. The van der Waals surface area contributed by atoms with Crippen molar-refractivity contribution in [2.45, 2.75) is 38.5 Å². The number of hydrogen-bond acceptors (Lipinski definition) is 4. The zero-order chi connectivity index (χ0) is 20.7. The Labute approximate surface area is 177 Å². The molecule has 0 saturated carbocycles. The van der Waals surface area contributed by atoms with Crippen LogP contribution in [-0.4, -0.2) is 17.8 Å². The van der Waals surface area contributed by atoms with Crippen molar-refractivity contribution in [2.75, 3.05) is 7.11 Å². The van der Waals surface area contributed by atoms with E-state index in [0.717, 1.165) is 34.8 Å². The molecule has 4 nitrogen and oxygen atoms in total. The van der Waals surface area contributed by atoms with E-state index < -0.39 is 0 Å². The number of rotatable bonds is 4. The standard InChI is InChI=1S/C26H26N2O2/c1-17(2)18-8-10-20(11-9-18)26-28-24(22-6-4-5-7-25(22)30-26)16-23(27-28)19-12-14-21(29-3)15-13-19/h4-15,17,24,26H,16H2,1-3H3/t24-,26+/m0/s1. The van der Waals surface area contributed by atoms with Gasteiger partial charge in [0.1, 0.15) is 11.5 Å². The predicted molar refractivity (Wildman–Crippen MR) is 119 cm³/mol. The Morgan fingerprint density at radius 1 is 0.967 bits per heavy atom. The third-order valence-corrected chi connectivity index (χ3v) is 6.01. The summed E-state index contributed by atoms with van der Waals surface area (Å²) in [7, 11) is 1.69. The van der Waals surface area contributed by atoms with E-state index in [1.54, 1.807) is 7.11 Å². The zero-order valence-corrected chi connectivity index (χ0v) is 17.6. The van der Waals surface area contributed by atoms with Gasteiger partial charge in [0.05, 0.1) is 18.9 Å². The Kier molecular flexibility index (Phi) is 4.70. The van der Waals surface area contributed by atoms with Crippen LogP contribution in [0, 0.1) is 0 Å². The molecule has 0 aromatic heterocycles. The first-order valence-corrected chi connectivity index (χ1v) is 10.5. The van der Waals surface area contributed by atoms with Gasteiger partial charge in [0.25, 0.3) is 0 Å². The Balaban J connectivity index is 1.53. The summed E-state index contributed by atoms with van der Waals surface area (Å²) in [6.45, 7) is 4.43. The van der Waals surface area contributed by atoms with Crippen LogP contribution < -0.4 is 9.47 Å². The lowest BCUT2D eigenvalue weighted by molar-refractivity contribution is -0.0190. The van der Waals surface area contributed by atoms with Crippen molar-refractivity contribution in [3.8, 4) is 11.5 Å². The summed E-state index contributed by atoms with van der Waals surface area (Å²) in [6.07, 6.45) is 0.620. The van der Waals surface area contributed by atoms with Crippen LogP contribution in [0.25, 0.3) is 0 Å². The number of methoxy groups -OCH3 is 1. The normalized spacial score (nSPS) is 19.7. The summed E-state index contributed by atoms with van der Waals surface area (Å²) in [4.78, 5) is 0. The molecule has 0 bridgehead atoms. The van der Waals surface area contributed by atoms with Crippen LogP contribution >= 0.6 is 0 Å². The molecule has 0 fully saturated rings. The maximum Gasteiger partial charge on any atom is 0.213 e. The first-order chi connectivity index (χ1) is 14.6. The van der Waals surface area contributed by atoms with Crippen LogP contribution in [0.1, 0.15) is 60.7 Å². The molecule has 152 valence electrons. The zero-order valence-electron chi connectivity index (χ0n) is 17.6. The van der Waals surface area contributed by atoms with Gasteiger partial charge in [-0.2, -0.15) is 5.10 Å². The van der Waals surface area contributed by atoms with E-state index in [-0.39, 0.29) is 12.3 Å². The van der Waals surface area contributed by atoms with E-state index in [1.165, 1.54) is 11.1 Å². The molecule has 2 aliphatic heterocycles. The molecule has 2 heterocycles. The predicted octanol–water partition coefficient (Wildman–Crippen LogP) is 6.06. The Bertz CT molecular complexity index is 1070. The van der Waals surface area contributed by atoms with Crippen molar-refractivity contribution in [3.63, 3.8) is 0 Å².